The number of aromatic nitrogens is 3. The van der Waals surface area contributed by atoms with E-state index in [1.54, 1.807) is 49.0 Å². The summed E-state index contributed by atoms with van der Waals surface area (Å²) in [6.45, 7) is 3.85. The van der Waals surface area contributed by atoms with Gasteiger partial charge in [0, 0.05) is 29.2 Å². The minimum Gasteiger partial charge on any atom is -0.464 e. The molecule has 0 saturated heterocycles. The lowest BCUT2D eigenvalue weighted by Crippen LogP contribution is -2.13. The highest BCUT2D eigenvalue weighted by Gasteiger charge is 2.28. The van der Waals surface area contributed by atoms with Crippen molar-refractivity contribution in [2.24, 2.45) is 0 Å². The molecule has 8 nitrogen and oxygen atoms in total. The number of aryl methyl sites for hydroxylation is 1. The second-order valence-electron chi connectivity index (χ2n) is 7.99. The summed E-state index contributed by atoms with van der Waals surface area (Å²) in [4.78, 5) is 29.0. The highest BCUT2D eigenvalue weighted by Crippen LogP contribution is 2.40. The van der Waals surface area contributed by atoms with Gasteiger partial charge in [-0.2, -0.15) is 9.78 Å². The van der Waals surface area contributed by atoms with Gasteiger partial charge in [-0.1, -0.05) is 65.7 Å². The SMILES string of the molecule is CCCSc1sc(-n2nc(C)c(Cc3ccccc3[N+](=O)[O-])c2C(=O)OC)nc1-c1ccc(Cl)c(Cl)c1. The number of ether oxygens (including phenoxy) is 1. The summed E-state index contributed by atoms with van der Waals surface area (Å²) in [7, 11) is 1.29. The summed E-state index contributed by atoms with van der Waals surface area (Å²) in [6.07, 6.45) is 1.10. The number of methoxy groups -OCH3 is 1. The quantitative estimate of drug-likeness (QED) is 0.0884. The molecule has 0 spiro atoms. The first-order chi connectivity index (χ1) is 17.7. The van der Waals surface area contributed by atoms with Gasteiger partial charge < -0.3 is 4.74 Å². The van der Waals surface area contributed by atoms with E-state index in [4.69, 9.17) is 32.9 Å². The molecule has 0 aliphatic rings. The van der Waals surface area contributed by atoms with Crippen LogP contribution in [0.15, 0.2) is 46.7 Å². The van der Waals surface area contributed by atoms with E-state index >= 15 is 0 Å². The molecular formula is C25H22Cl2N4O4S2. The molecule has 2 aromatic carbocycles. The van der Waals surface area contributed by atoms with Crippen molar-refractivity contribution in [2.75, 3.05) is 12.9 Å². The molecule has 0 bridgehead atoms. The molecule has 4 rings (SSSR count). The van der Waals surface area contributed by atoms with Crippen LogP contribution in [-0.4, -0.2) is 38.5 Å². The Labute approximate surface area is 231 Å². The summed E-state index contributed by atoms with van der Waals surface area (Å²) in [6, 6.07) is 11.8. The predicted molar refractivity (Wildman–Crippen MR) is 148 cm³/mol. The van der Waals surface area contributed by atoms with Crippen LogP contribution in [0.1, 0.15) is 40.7 Å². The summed E-state index contributed by atoms with van der Waals surface area (Å²) in [5.41, 5.74) is 3.21. The second-order valence-corrected chi connectivity index (χ2v) is 11.1. The van der Waals surface area contributed by atoms with Crippen LogP contribution in [0, 0.1) is 17.0 Å². The van der Waals surface area contributed by atoms with Crippen LogP contribution in [0.25, 0.3) is 16.4 Å². The van der Waals surface area contributed by atoms with Crippen molar-refractivity contribution in [3.63, 3.8) is 0 Å². The zero-order valence-corrected chi connectivity index (χ0v) is 23.3. The normalized spacial score (nSPS) is 11.1. The molecule has 0 N–H and O–H groups in total. The number of esters is 1. The molecule has 0 unspecified atom stereocenters. The summed E-state index contributed by atoms with van der Waals surface area (Å²) >= 11 is 15.4. The van der Waals surface area contributed by atoms with Gasteiger partial charge in [0.2, 0.25) is 5.13 Å². The Balaban J connectivity index is 1.86. The monoisotopic (exact) mass is 576 g/mol. The van der Waals surface area contributed by atoms with Gasteiger partial charge in [0.05, 0.1) is 37.7 Å². The average molecular weight is 578 g/mol. The zero-order valence-electron chi connectivity index (χ0n) is 20.2. The number of benzene rings is 2. The van der Waals surface area contributed by atoms with Gasteiger partial charge in [0.15, 0.2) is 5.69 Å². The maximum absolute atomic E-state index is 13.0. The van der Waals surface area contributed by atoms with Crippen LogP contribution in [0.2, 0.25) is 10.0 Å². The minimum atomic E-state index is -0.608. The fourth-order valence-corrected chi connectivity index (χ4v) is 6.23. The molecule has 2 heterocycles. The molecule has 0 atom stereocenters. The molecule has 0 saturated carbocycles. The smallest absolute Gasteiger partial charge is 0.357 e. The first kappa shape index (κ1) is 27.1. The number of halogens is 2. The van der Waals surface area contributed by atoms with E-state index in [-0.39, 0.29) is 17.8 Å². The highest BCUT2D eigenvalue weighted by atomic mass is 35.5. The molecule has 4 aromatic rings. The van der Waals surface area contributed by atoms with E-state index < -0.39 is 10.9 Å². The van der Waals surface area contributed by atoms with Crippen LogP contribution < -0.4 is 0 Å². The van der Waals surface area contributed by atoms with Crippen molar-refractivity contribution >= 4 is 58.0 Å². The van der Waals surface area contributed by atoms with Crippen molar-refractivity contribution in [3.05, 3.63) is 85.1 Å². The Morgan fingerprint density at radius 3 is 2.65 bits per heavy atom. The third-order valence-corrected chi connectivity index (χ3v) is 8.75. The molecule has 12 heteroatoms. The van der Waals surface area contributed by atoms with Crippen molar-refractivity contribution in [2.45, 2.75) is 30.9 Å². The molecular weight excluding hydrogens is 555 g/mol. The number of para-hydroxylation sites is 1. The number of nitro groups is 1. The molecule has 0 aliphatic carbocycles. The van der Waals surface area contributed by atoms with Gasteiger partial charge in [-0.15, -0.1) is 11.8 Å². The van der Waals surface area contributed by atoms with Gasteiger partial charge in [-0.05, 0) is 31.2 Å². The van der Waals surface area contributed by atoms with Crippen molar-refractivity contribution in [1.29, 1.82) is 0 Å². The van der Waals surface area contributed by atoms with Crippen LogP contribution in [0.4, 0.5) is 5.69 Å². The van der Waals surface area contributed by atoms with E-state index in [1.807, 2.05) is 6.07 Å². The van der Waals surface area contributed by atoms with E-state index in [1.165, 1.54) is 29.2 Å². The molecule has 0 amide bonds. The third-order valence-electron chi connectivity index (χ3n) is 5.51. The number of carbonyl (C=O) groups excluding carboxylic acids is 1. The van der Waals surface area contributed by atoms with Crippen molar-refractivity contribution in [3.8, 4) is 16.4 Å². The van der Waals surface area contributed by atoms with Gasteiger partial charge in [-0.3, -0.25) is 10.1 Å². The highest BCUT2D eigenvalue weighted by molar-refractivity contribution is 8.01. The number of carbonyl (C=O) groups is 1. The van der Waals surface area contributed by atoms with E-state index in [0.29, 0.717) is 37.7 Å². The topological polar surface area (TPSA) is 100 Å². The molecule has 37 heavy (non-hydrogen) atoms. The van der Waals surface area contributed by atoms with Crippen LogP contribution in [0.3, 0.4) is 0 Å². The minimum absolute atomic E-state index is 0.0279. The van der Waals surface area contributed by atoms with E-state index in [9.17, 15) is 14.9 Å². The lowest BCUT2D eigenvalue weighted by atomic mass is 10.0. The number of nitro benzene ring substituents is 1. The molecule has 192 valence electrons. The van der Waals surface area contributed by atoms with E-state index in [0.717, 1.165) is 21.9 Å². The fraction of sp³-hybridized carbons (Fsp3) is 0.240. The fourth-order valence-electron chi connectivity index (χ4n) is 3.75. The van der Waals surface area contributed by atoms with Gasteiger partial charge in [-0.25, -0.2) is 9.78 Å². The Kier molecular flexibility index (Phi) is 8.53. The first-order valence-corrected chi connectivity index (χ1v) is 13.8. The molecule has 0 fully saturated rings. The third kappa shape index (κ3) is 5.67. The number of rotatable bonds is 9. The number of hydrogen-bond acceptors (Lipinski definition) is 8. The van der Waals surface area contributed by atoms with E-state index in [2.05, 4.69) is 12.0 Å². The average Bonchev–Trinajstić information content (AvgIpc) is 3.45. The first-order valence-electron chi connectivity index (χ1n) is 11.2. The number of thioether (sulfide) groups is 1. The van der Waals surface area contributed by atoms with Gasteiger partial charge in [0.25, 0.3) is 5.69 Å². The van der Waals surface area contributed by atoms with Crippen LogP contribution in [0.5, 0.6) is 0 Å². The second kappa shape index (κ2) is 11.6. The molecule has 2 aromatic heterocycles. The number of thiazole rings is 1. The van der Waals surface area contributed by atoms with Crippen molar-refractivity contribution < 1.29 is 14.5 Å². The maximum atomic E-state index is 13.0. The molecule has 0 aliphatic heterocycles. The predicted octanol–water partition coefficient (Wildman–Crippen LogP) is 7.40. The Morgan fingerprint density at radius 1 is 1.22 bits per heavy atom. The number of hydrogen-bond donors (Lipinski definition) is 0. The molecule has 0 radical (unpaired) electrons. The van der Waals surface area contributed by atoms with Crippen LogP contribution >= 0.6 is 46.3 Å². The number of nitrogens with zero attached hydrogens (tertiary/aromatic N) is 4. The lowest BCUT2D eigenvalue weighted by Gasteiger charge is -2.07. The Bertz CT molecular complexity index is 1490. The van der Waals surface area contributed by atoms with Crippen molar-refractivity contribution in [1.82, 2.24) is 14.8 Å². The maximum Gasteiger partial charge on any atom is 0.357 e. The lowest BCUT2D eigenvalue weighted by molar-refractivity contribution is -0.385. The Hall–Kier alpha value is -2.92. The largest absolute Gasteiger partial charge is 0.464 e. The van der Waals surface area contributed by atoms with Gasteiger partial charge in [0.1, 0.15) is 0 Å². The Morgan fingerprint density at radius 2 is 1.97 bits per heavy atom. The standard InChI is InChI=1S/C25H22Cl2N4O4S2/c1-4-11-36-24-21(16-9-10-18(26)19(27)13-16)28-25(37-24)30-22(23(32)35-3)17(14(2)29-30)12-15-7-5-6-8-20(15)31(33)34/h5-10,13H,4,11-12H2,1-3H3. The van der Waals surface area contributed by atoms with Crippen LogP contribution in [-0.2, 0) is 11.2 Å². The summed E-state index contributed by atoms with van der Waals surface area (Å²) < 4.78 is 7.50. The van der Waals surface area contributed by atoms with Gasteiger partial charge >= 0.3 is 5.97 Å². The zero-order chi connectivity index (χ0) is 26.7. The summed E-state index contributed by atoms with van der Waals surface area (Å²) in [5, 5.41) is 17.5. The summed E-state index contributed by atoms with van der Waals surface area (Å²) in [5.74, 6) is 0.268.